The number of nitrogens with zero attached hydrogens (tertiary/aromatic N) is 1. The second kappa shape index (κ2) is 8.42. The number of hydrogen-bond donors (Lipinski definition) is 1. The summed E-state index contributed by atoms with van der Waals surface area (Å²) in [7, 11) is 1.68. The Morgan fingerprint density at radius 3 is 3.00 bits per heavy atom. The van der Waals surface area contributed by atoms with Gasteiger partial charge in [0.2, 0.25) is 0 Å². The maximum atomic E-state index is 5.96. The summed E-state index contributed by atoms with van der Waals surface area (Å²) in [5, 5.41) is 5.04. The zero-order valence-corrected chi connectivity index (χ0v) is 13.1. The quantitative estimate of drug-likeness (QED) is 0.715. The fourth-order valence-corrected chi connectivity index (χ4v) is 2.91. The predicted octanol–water partition coefficient (Wildman–Crippen LogP) is 3.80. The summed E-state index contributed by atoms with van der Waals surface area (Å²) in [5.41, 5.74) is 0.991. The van der Waals surface area contributed by atoms with Crippen molar-refractivity contribution in [2.75, 3.05) is 38.8 Å². The molecule has 0 bridgehead atoms. The van der Waals surface area contributed by atoms with Gasteiger partial charge in [-0.05, 0) is 31.0 Å². The Labute approximate surface area is 128 Å². The number of unbranched alkanes of at least 4 members (excludes halogenated alkanes) is 1. The predicted molar refractivity (Wildman–Crippen MR) is 85.0 cm³/mol. The maximum absolute atomic E-state index is 5.96. The van der Waals surface area contributed by atoms with E-state index in [1.54, 1.807) is 18.4 Å². The van der Waals surface area contributed by atoms with Crippen molar-refractivity contribution in [1.29, 1.82) is 0 Å². The summed E-state index contributed by atoms with van der Waals surface area (Å²) >= 11 is 7.59. The van der Waals surface area contributed by atoms with Gasteiger partial charge in [0.1, 0.15) is 0 Å². The summed E-state index contributed by atoms with van der Waals surface area (Å²) in [6, 6.07) is 5.76. The van der Waals surface area contributed by atoms with E-state index in [0.29, 0.717) is 13.2 Å². The molecule has 2 aromatic rings. The summed E-state index contributed by atoms with van der Waals surface area (Å²) in [4.78, 5) is 4.51. The Balaban J connectivity index is 1.65. The van der Waals surface area contributed by atoms with Crippen molar-refractivity contribution in [3.8, 4) is 0 Å². The van der Waals surface area contributed by atoms with Crippen molar-refractivity contribution in [1.82, 2.24) is 4.98 Å². The van der Waals surface area contributed by atoms with E-state index in [-0.39, 0.29) is 0 Å². The van der Waals surface area contributed by atoms with Gasteiger partial charge in [0, 0.05) is 25.3 Å². The van der Waals surface area contributed by atoms with Gasteiger partial charge >= 0.3 is 0 Å². The Morgan fingerprint density at radius 1 is 1.25 bits per heavy atom. The third-order valence-electron chi connectivity index (χ3n) is 2.77. The Hall–Kier alpha value is -0.880. The van der Waals surface area contributed by atoms with Crippen LogP contribution in [0.4, 0.5) is 5.13 Å². The van der Waals surface area contributed by atoms with E-state index in [9.17, 15) is 0 Å². The normalized spacial score (nSPS) is 11.1. The number of thiazole rings is 1. The van der Waals surface area contributed by atoms with Gasteiger partial charge in [-0.15, -0.1) is 0 Å². The lowest BCUT2D eigenvalue weighted by atomic mass is 10.3. The van der Waals surface area contributed by atoms with Gasteiger partial charge in [0.25, 0.3) is 0 Å². The molecule has 0 radical (unpaired) electrons. The molecule has 0 saturated carbocycles. The zero-order chi connectivity index (χ0) is 14.2. The molecule has 0 aliphatic rings. The van der Waals surface area contributed by atoms with Gasteiger partial charge in [-0.3, -0.25) is 0 Å². The summed E-state index contributed by atoms with van der Waals surface area (Å²) < 4.78 is 11.4. The largest absolute Gasteiger partial charge is 0.382 e. The first-order valence-electron chi connectivity index (χ1n) is 6.66. The van der Waals surface area contributed by atoms with E-state index >= 15 is 0 Å². The molecule has 20 heavy (non-hydrogen) atoms. The Morgan fingerprint density at radius 2 is 2.15 bits per heavy atom. The van der Waals surface area contributed by atoms with E-state index in [2.05, 4.69) is 10.3 Å². The average Bonchev–Trinajstić information content (AvgIpc) is 2.83. The number of fused-ring (bicyclic) bond motifs is 1. The molecule has 1 aromatic heterocycles. The molecule has 0 aliphatic carbocycles. The minimum Gasteiger partial charge on any atom is -0.382 e. The number of methoxy groups -OCH3 is 1. The second-order valence-electron chi connectivity index (χ2n) is 4.37. The van der Waals surface area contributed by atoms with Crippen molar-refractivity contribution in [3.05, 3.63) is 23.2 Å². The van der Waals surface area contributed by atoms with Crippen LogP contribution in [0.2, 0.25) is 5.02 Å². The van der Waals surface area contributed by atoms with Crippen LogP contribution in [0.15, 0.2) is 18.2 Å². The van der Waals surface area contributed by atoms with E-state index in [0.717, 1.165) is 46.4 Å². The highest BCUT2D eigenvalue weighted by atomic mass is 35.5. The lowest BCUT2D eigenvalue weighted by Crippen LogP contribution is -2.06. The van der Waals surface area contributed by atoms with Gasteiger partial charge in [0.15, 0.2) is 5.13 Å². The van der Waals surface area contributed by atoms with E-state index in [4.69, 9.17) is 21.1 Å². The van der Waals surface area contributed by atoms with Gasteiger partial charge in [-0.1, -0.05) is 22.9 Å². The van der Waals surface area contributed by atoms with Crippen LogP contribution in [-0.2, 0) is 9.47 Å². The smallest absolute Gasteiger partial charge is 0.183 e. The first kappa shape index (κ1) is 15.5. The molecule has 0 saturated heterocycles. The fourth-order valence-electron chi connectivity index (χ4n) is 1.74. The highest BCUT2D eigenvalue weighted by Gasteiger charge is 2.03. The Bertz CT molecular complexity index is 533. The van der Waals surface area contributed by atoms with E-state index < -0.39 is 0 Å². The molecular formula is C14H19ClN2O2S. The number of ether oxygens (including phenoxy) is 2. The number of nitrogens with one attached hydrogen (secondary N) is 1. The Kier molecular flexibility index (Phi) is 6.53. The monoisotopic (exact) mass is 314 g/mol. The topological polar surface area (TPSA) is 43.4 Å². The number of anilines is 1. The number of benzene rings is 1. The highest BCUT2D eigenvalue weighted by molar-refractivity contribution is 7.22. The fraction of sp³-hybridized carbons (Fsp3) is 0.500. The SMILES string of the molecule is COCCOCCCCNc1nc2ccc(Cl)cc2s1. The molecule has 0 aliphatic heterocycles. The van der Waals surface area contributed by atoms with Gasteiger partial charge in [-0.25, -0.2) is 4.98 Å². The molecule has 0 fully saturated rings. The van der Waals surface area contributed by atoms with Crippen molar-refractivity contribution in [2.24, 2.45) is 0 Å². The van der Waals surface area contributed by atoms with Gasteiger partial charge < -0.3 is 14.8 Å². The van der Waals surface area contributed by atoms with Crippen LogP contribution < -0.4 is 5.32 Å². The molecule has 6 heteroatoms. The molecule has 1 heterocycles. The van der Waals surface area contributed by atoms with Crippen LogP contribution in [0.5, 0.6) is 0 Å². The van der Waals surface area contributed by atoms with Crippen LogP contribution in [0, 0.1) is 0 Å². The molecule has 1 aromatic carbocycles. The minimum atomic E-state index is 0.659. The van der Waals surface area contributed by atoms with Crippen molar-refractivity contribution >= 4 is 38.3 Å². The molecule has 0 amide bonds. The van der Waals surface area contributed by atoms with Crippen molar-refractivity contribution in [3.63, 3.8) is 0 Å². The van der Waals surface area contributed by atoms with Crippen LogP contribution in [0.1, 0.15) is 12.8 Å². The van der Waals surface area contributed by atoms with Crippen LogP contribution in [0.3, 0.4) is 0 Å². The van der Waals surface area contributed by atoms with E-state index in [1.165, 1.54) is 0 Å². The number of halogens is 1. The third kappa shape index (κ3) is 4.90. The molecular weight excluding hydrogens is 296 g/mol. The van der Waals surface area contributed by atoms with E-state index in [1.807, 2.05) is 18.2 Å². The number of hydrogen-bond acceptors (Lipinski definition) is 5. The minimum absolute atomic E-state index is 0.659. The van der Waals surface area contributed by atoms with Crippen LogP contribution >= 0.6 is 22.9 Å². The van der Waals surface area contributed by atoms with Gasteiger partial charge in [-0.2, -0.15) is 0 Å². The van der Waals surface area contributed by atoms with Crippen LogP contribution in [-0.4, -0.2) is 38.5 Å². The number of rotatable bonds is 9. The molecule has 0 atom stereocenters. The van der Waals surface area contributed by atoms with Crippen molar-refractivity contribution < 1.29 is 9.47 Å². The molecule has 0 spiro atoms. The average molecular weight is 315 g/mol. The molecule has 2 rings (SSSR count). The lowest BCUT2D eigenvalue weighted by molar-refractivity contribution is 0.0691. The highest BCUT2D eigenvalue weighted by Crippen LogP contribution is 2.28. The summed E-state index contributed by atoms with van der Waals surface area (Å²) in [6.07, 6.45) is 2.09. The maximum Gasteiger partial charge on any atom is 0.183 e. The first-order valence-corrected chi connectivity index (χ1v) is 7.85. The molecule has 110 valence electrons. The number of aromatic nitrogens is 1. The standard InChI is InChI=1S/C14H19ClN2O2S/c1-18-8-9-19-7-3-2-6-16-14-17-12-5-4-11(15)10-13(12)20-14/h4-5,10H,2-3,6-9H2,1H3,(H,16,17). The molecule has 0 unspecified atom stereocenters. The third-order valence-corrected chi connectivity index (χ3v) is 3.98. The zero-order valence-electron chi connectivity index (χ0n) is 11.5. The lowest BCUT2D eigenvalue weighted by Gasteiger charge is -2.04. The summed E-state index contributed by atoms with van der Waals surface area (Å²) in [5.74, 6) is 0. The molecule has 1 N–H and O–H groups in total. The van der Waals surface area contributed by atoms with Crippen LogP contribution in [0.25, 0.3) is 10.2 Å². The summed E-state index contributed by atoms with van der Waals surface area (Å²) in [6.45, 7) is 3.01. The van der Waals surface area contributed by atoms with Crippen molar-refractivity contribution in [2.45, 2.75) is 12.8 Å². The molecule has 4 nitrogen and oxygen atoms in total. The van der Waals surface area contributed by atoms with Gasteiger partial charge in [0.05, 0.1) is 23.4 Å². The first-order chi connectivity index (χ1) is 9.79. The second-order valence-corrected chi connectivity index (χ2v) is 5.84.